The smallest absolute Gasteiger partial charge is 0.238 e. The maximum absolute atomic E-state index is 11.6. The number of hydrogen-bond acceptors (Lipinski definition) is 3. The molecule has 0 aliphatic heterocycles. The van der Waals surface area contributed by atoms with Crippen molar-refractivity contribution in [3.05, 3.63) is 0 Å². The van der Waals surface area contributed by atoms with Crippen molar-refractivity contribution in [3.63, 3.8) is 0 Å². The first-order chi connectivity index (χ1) is 5.18. The van der Waals surface area contributed by atoms with Crippen LogP contribution in [0.3, 0.4) is 0 Å². The molecule has 0 fully saturated rings. The lowest BCUT2D eigenvalue weighted by Gasteiger charge is -2.17. The molecule has 0 unspecified atom stereocenters. The van der Waals surface area contributed by atoms with Crippen LogP contribution in [0.25, 0.3) is 0 Å². The second-order valence-corrected chi connectivity index (χ2v) is 4.63. The number of rotatable bonds is 6. The van der Waals surface area contributed by atoms with Crippen LogP contribution < -0.4 is 21.2 Å². The Hall–Kier alpha value is 0.360. The van der Waals surface area contributed by atoms with Gasteiger partial charge in [0.25, 0.3) is 0 Å². The molecule has 7 heteroatoms. The lowest BCUT2D eigenvalue weighted by Crippen LogP contribution is -2.37. The third-order valence-electron chi connectivity index (χ3n) is 0.984. The van der Waals surface area contributed by atoms with Crippen LogP contribution in [0.2, 0.25) is 0 Å². The van der Waals surface area contributed by atoms with Gasteiger partial charge in [0.2, 0.25) is 7.44 Å². The van der Waals surface area contributed by atoms with Crippen molar-refractivity contribution in [2.45, 2.75) is 0 Å². The second-order valence-electron chi connectivity index (χ2n) is 1.88. The van der Waals surface area contributed by atoms with Gasteiger partial charge in [-0.25, -0.2) is 0 Å². The fourth-order valence-corrected chi connectivity index (χ4v) is 2.57. The highest BCUT2D eigenvalue weighted by Crippen LogP contribution is 2.32. The average Bonchev–Trinajstić information content (AvgIpc) is 1.88. The van der Waals surface area contributed by atoms with E-state index in [9.17, 15) is 4.57 Å². The van der Waals surface area contributed by atoms with Gasteiger partial charge in [0, 0.05) is 12.0 Å². The largest absolute Gasteiger partial charge is 0.287 e. The van der Waals surface area contributed by atoms with Gasteiger partial charge in [-0.2, -0.15) is 10.4 Å². The second kappa shape index (κ2) is 5.94. The average molecular weight is 201 g/mol. The van der Waals surface area contributed by atoms with Gasteiger partial charge in [0.15, 0.2) is 0 Å². The predicted octanol–water partition coefficient (Wildman–Crippen LogP) is -0.134. The molecule has 0 spiro atoms. The van der Waals surface area contributed by atoms with Gasteiger partial charge < -0.3 is 0 Å². The van der Waals surface area contributed by atoms with E-state index in [1.165, 1.54) is 0 Å². The summed E-state index contributed by atoms with van der Waals surface area (Å²) in [4.78, 5) is 0. The van der Waals surface area contributed by atoms with Crippen LogP contribution >= 0.6 is 19.0 Å². The molecule has 4 N–H and O–H groups in total. The van der Waals surface area contributed by atoms with E-state index in [4.69, 9.17) is 11.6 Å². The zero-order valence-corrected chi connectivity index (χ0v) is 8.30. The van der Waals surface area contributed by atoms with Gasteiger partial charge in [0.05, 0.1) is 0 Å². The first kappa shape index (κ1) is 11.4. The van der Waals surface area contributed by atoms with Gasteiger partial charge in [-0.05, 0) is 14.1 Å². The molecule has 0 saturated heterocycles. The van der Waals surface area contributed by atoms with Crippen molar-refractivity contribution in [2.75, 3.05) is 26.1 Å². The summed E-state index contributed by atoms with van der Waals surface area (Å²) in [6, 6.07) is 0. The molecule has 0 aromatic heterocycles. The number of hydrazine groups is 2. The van der Waals surface area contributed by atoms with E-state index in [2.05, 4.69) is 21.2 Å². The Morgan fingerprint density at radius 3 is 2.00 bits per heavy atom. The molecule has 0 saturated carbocycles. The monoisotopic (exact) mass is 200 g/mol. The number of nitrogens with one attached hydrogen (secondary N) is 4. The first-order valence-corrected chi connectivity index (χ1v) is 5.64. The van der Waals surface area contributed by atoms with Crippen LogP contribution in [0, 0.1) is 0 Å². The van der Waals surface area contributed by atoms with Crippen LogP contribution in [0.4, 0.5) is 0 Å². The first-order valence-electron chi connectivity index (χ1n) is 3.21. The summed E-state index contributed by atoms with van der Waals surface area (Å²) in [5, 5.41) is 5.22. The topological polar surface area (TPSA) is 65.2 Å². The number of alkyl halides is 1. The Labute approximate surface area is 71.7 Å². The standard InChI is InChI=1S/C4H14ClN4OP/c1-6-8-11(10,4-3-5)9-7-2/h6-7H,3-4H2,1-2H3,(H2,8,9,10). The van der Waals surface area contributed by atoms with Gasteiger partial charge in [-0.15, -0.1) is 11.6 Å². The molecule has 68 valence electrons. The van der Waals surface area contributed by atoms with Crippen LogP contribution in [-0.2, 0) is 4.57 Å². The minimum absolute atomic E-state index is 0.348. The van der Waals surface area contributed by atoms with Crippen molar-refractivity contribution in [1.82, 2.24) is 21.2 Å². The zero-order chi connectivity index (χ0) is 8.74. The molecule has 0 radical (unpaired) electrons. The van der Waals surface area contributed by atoms with E-state index in [0.29, 0.717) is 12.0 Å². The predicted molar refractivity (Wildman–Crippen MR) is 47.6 cm³/mol. The molecular weight excluding hydrogens is 186 g/mol. The summed E-state index contributed by atoms with van der Waals surface area (Å²) in [6.45, 7) is 0. The number of halogens is 1. The minimum Gasteiger partial charge on any atom is -0.287 e. The maximum atomic E-state index is 11.6. The van der Waals surface area contributed by atoms with Crippen molar-refractivity contribution >= 4 is 19.0 Å². The Balaban J connectivity index is 3.91. The molecule has 0 heterocycles. The minimum atomic E-state index is -2.57. The summed E-state index contributed by atoms with van der Waals surface area (Å²) < 4.78 is 11.6. The molecule has 0 aliphatic carbocycles. The van der Waals surface area contributed by atoms with E-state index in [-0.39, 0.29) is 0 Å². The lowest BCUT2D eigenvalue weighted by atomic mass is 11.0. The highest BCUT2D eigenvalue weighted by molar-refractivity contribution is 7.59. The quantitative estimate of drug-likeness (QED) is 0.273. The lowest BCUT2D eigenvalue weighted by molar-refractivity contribution is 0.535. The molecule has 0 atom stereocenters. The summed E-state index contributed by atoms with van der Waals surface area (Å²) in [5.74, 6) is 0.348. The molecule has 11 heavy (non-hydrogen) atoms. The van der Waals surface area contributed by atoms with Gasteiger partial charge >= 0.3 is 0 Å². The molecule has 5 nitrogen and oxygen atoms in total. The molecular formula is C4H14ClN4OP. The molecule has 0 amide bonds. The summed E-state index contributed by atoms with van der Waals surface area (Å²) in [6.07, 6.45) is 0.385. The molecule has 0 rings (SSSR count). The zero-order valence-electron chi connectivity index (χ0n) is 6.65. The third kappa shape index (κ3) is 4.74. The molecule has 0 aromatic rings. The van der Waals surface area contributed by atoms with Crippen LogP contribution in [0.1, 0.15) is 0 Å². The Morgan fingerprint density at radius 1 is 1.27 bits per heavy atom. The molecule has 0 bridgehead atoms. The van der Waals surface area contributed by atoms with Crippen LogP contribution in [-0.4, -0.2) is 26.1 Å². The van der Waals surface area contributed by atoms with E-state index >= 15 is 0 Å². The fraction of sp³-hybridized carbons (Fsp3) is 1.00. The van der Waals surface area contributed by atoms with Crippen molar-refractivity contribution in [3.8, 4) is 0 Å². The van der Waals surface area contributed by atoms with Crippen molar-refractivity contribution < 1.29 is 4.57 Å². The number of hydrogen-bond donors (Lipinski definition) is 4. The van der Waals surface area contributed by atoms with E-state index in [1.807, 2.05) is 0 Å². The highest BCUT2D eigenvalue weighted by atomic mass is 35.5. The SMILES string of the molecule is CNNP(=O)(CCCl)NNC. The third-order valence-corrected chi connectivity index (χ3v) is 3.46. The van der Waals surface area contributed by atoms with Gasteiger partial charge in [-0.3, -0.25) is 15.4 Å². The fourth-order valence-electron chi connectivity index (χ4n) is 0.620. The molecule has 0 aromatic carbocycles. The van der Waals surface area contributed by atoms with Crippen molar-refractivity contribution in [2.24, 2.45) is 0 Å². The van der Waals surface area contributed by atoms with Crippen LogP contribution in [0.15, 0.2) is 0 Å². The van der Waals surface area contributed by atoms with E-state index in [0.717, 1.165) is 0 Å². The van der Waals surface area contributed by atoms with E-state index in [1.54, 1.807) is 14.1 Å². The Morgan fingerprint density at radius 2 is 1.73 bits per heavy atom. The summed E-state index contributed by atoms with van der Waals surface area (Å²) >= 11 is 5.45. The van der Waals surface area contributed by atoms with Crippen molar-refractivity contribution in [1.29, 1.82) is 0 Å². The highest BCUT2D eigenvalue weighted by Gasteiger charge is 2.17. The Bertz CT molecular complexity index is 120. The summed E-state index contributed by atoms with van der Waals surface area (Å²) in [5.41, 5.74) is 5.21. The maximum Gasteiger partial charge on any atom is 0.238 e. The van der Waals surface area contributed by atoms with E-state index < -0.39 is 7.44 Å². The Kier molecular flexibility index (Phi) is 6.14. The normalized spacial score (nSPS) is 11.9. The van der Waals surface area contributed by atoms with Gasteiger partial charge in [0.1, 0.15) is 0 Å². The molecule has 0 aliphatic rings. The van der Waals surface area contributed by atoms with Gasteiger partial charge in [-0.1, -0.05) is 0 Å². The summed E-state index contributed by atoms with van der Waals surface area (Å²) in [7, 11) is 0.729. The van der Waals surface area contributed by atoms with Crippen LogP contribution in [0.5, 0.6) is 0 Å².